The fourth-order valence-corrected chi connectivity index (χ4v) is 2.29. The number of nitrogens with one attached hydrogen (secondary N) is 1. The minimum absolute atomic E-state index is 0.0406. The summed E-state index contributed by atoms with van der Waals surface area (Å²) >= 11 is 0. The van der Waals surface area contributed by atoms with Crippen LogP contribution in [0.25, 0.3) is 0 Å². The molecule has 0 heterocycles. The molecule has 0 aliphatic heterocycles. The van der Waals surface area contributed by atoms with Gasteiger partial charge in [-0.3, -0.25) is 5.32 Å². The number of alkyl carbamates (subject to hydrolysis) is 1. The fraction of sp³-hybridized carbons (Fsp3) is 0.714. The minimum Gasteiger partial charge on any atom is -0.477 e. The van der Waals surface area contributed by atoms with Gasteiger partial charge in [0.05, 0.1) is 0 Å². The first-order valence-corrected chi connectivity index (χ1v) is 6.65. The SMILES string of the molecule is C/C(=C(\NC(=O)OC(C)(C)C)C(=O)O)C1CCCC1. The second kappa shape index (κ2) is 6.08. The van der Waals surface area contributed by atoms with E-state index in [-0.39, 0.29) is 11.6 Å². The number of carboxylic acid groups (broad SMARTS) is 1. The monoisotopic (exact) mass is 269 g/mol. The molecule has 1 aliphatic carbocycles. The molecule has 0 bridgehead atoms. The first-order chi connectivity index (χ1) is 8.70. The predicted molar refractivity (Wildman–Crippen MR) is 71.7 cm³/mol. The lowest BCUT2D eigenvalue weighted by molar-refractivity contribution is -0.133. The van der Waals surface area contributed by atoms with E-state index in [0.717, 1.165) is 31.3 Å². The van der Waals surface area contributed by atoms with Crippen LogP contribution in [0.1, 0.15) is 53.4 Å². The van der Waals surface area contributed by atoms with Gasteiger partial charge in [-0.2, -0.15) is 0 Å². The summed E-state index contributed by atoms with van der Waals surface area (Å²) in [6.45, 7) is 6.98. The van der Waals surface area contributed by atoms with Crippen molar-refractivity contribution in [1.29, 1.82) is 0 Å². The quantitative estimate of drug-likeness (QED) is 0.772. The molecule has 0 radical (unpaired) electrons. The van der Waals surface area contributed by atoms with Crippen LogP contribution in [0.15, 0.2) is 11.3 Å². The van der Waals surface area contributed by atoms with Gasteiger partial charge >= 0.3 is 12.1 Å². The Morgan fingerprint density at radius 1 is 1.21 bits per heavy atom. The number of ether oxygens (including phenoxy) is 1. The zero-order chi connectivity index (χ0) is 14.6. The van der Waals surface area contributed by atoms with Crippen molar-refractivity contribution in [3.8, 4) is 0 Å². The molecule has 1 rings (SSSR count). The summed E-state index contributed by atoms with van der Waals surface area (Å²) in [7, 11) is 0. The first kappa shape index (κ1) is 15.5. The zero-order valence-electron chi connectivity index (χ0n) is 12.1. The second-order valence-corrected chi connectivity index (χ2v) is 5.97. The van der Waals surface area contributed by atoms with E-state index in [1.54, 1.807) is 27.7 Å². The van der Waals surface area contributed by atoms with E-state index in [1.165, 1.54) is 0 Å². The highest BCUT2D eigenvalue weighted by molar-refractivity contribution is 5.91. The molecule has 0 atom stereocenters. The van der Waals surface area contributed by atoms with Crippen LogP contribution in [-0.2, 0) is 9.53 Å². The number of hydrogen-bond acceptors (Lipinski definition) is 3. The van der Waals surface area contributed by atoms with E-state index in [4.69, 9.17) is 4.74 Å². The third-order valence-electron chi connectivity index (χ3n) is 3.20. The maximum absolute atomic E-state index is 11.7. The van der Waals surface area contributed by atoms with Crippen molar-refractivity contribution in [1.82, 2.24) is 5.32 Å². The fourth-order valence-electron chi connectivity index (χ4n) is 2.29. The lowest BCUT2D eigenvalue weighted by Crippen LogP contribution is -2.35. The lowest BCUT2D eigenvalue weighted by Gasteiger charge is -2.21. The van der Waals surface area contributed by atoms with Crippen LogP contribution in [0.4, 0.5) is 4.79 Å². The largest absolute Gasteiger partial charge is 0.477 e. The third kappa shape index (κ3) is 4.93. The van der Waals surface area contributed by atoms with Gasteiger partial charge in [0.25, 0.3) is 0 Å². The molecular weight excluding hydrogens is 246 g/mol. The highest BCUT2D eigenvalue weighted by Gasteiger charge is 2.25. The summed E-state index contributed by atoms with van der Waals surface area (Å²) in [5.41, 5.74) is 0.0478. The summed E-state index contributed by atoms with van der Waals surface area (Å²) in [5, 5.41) is 11.6. The number of amides is 1. The van der Waals surface area contributed by atoms with Gasteiger partial charge in [0.15, 0.2) is 0 Å². The molecule has 5 nitrogen and oxygen atoms in total. The molecule has 108 valence electrons. The van der Waals surface area contributed by atoms with E-state index in [0.29, 0.717) is 0 Å². The summed E-state index contributed by atoms with van der Waals surface area (Å²) in [6, 6.07) is 0. The summed E-state index contributed by atoms with van der Waals surface area (Å²) < 4.78 is 5.08. The van der Waals surface area contributed by atoms with Crippen molar-refractivity contribution in [2.45, 2.75) is 59.0 Å². The van der Waals surface area contributed by atoms with Gasteiger partial charge in [0.2, 0.25) is 0 Å². The predicted octanol–water partition coefficient (Wildman–Crippen LogP) is 3.06. The molecule has 1 amide bonds. The van der Waals surface area contributed by atoms with Gasteiger partial charge in [0, 0.05) is 0 Å². The third-order valence-corrected chi connectivity index (χ3v) is 3.20. The molecule has 0 aromatic carbocycles. The lowest BCUT2D eigenvalue weighted by atomic mass is 9.97. The molecule has 1 fully saturated rings. The summed E-state index contributed by atoms with van der Waals surface area (Å²) in [6.07, 6.45) is 3.47. The summed E-state index contributed by atoms with van der Waals surface area (Å²) in [4.78, 5) is 22.9. The average Bonchev–Trinajstić information content (AvgIpc) is 2.75. The van der Waals surface area contributed by atoms with Crippen molar-refractivity contribution >= 4 is 12.1 Å². The zero-order valence-corrected chi connectivity index (χ0v) is 12.1. The number of allylic oxidation sites excluding steroid dienone is 1. The normalized spacial score (nSPS) is 17.9. The number of carbonyl (C=O) groups is 2. The van der Waals surface area contributed by atoms with E-state index in [9.17, 15) is 14.7 Å². The molecule has 5 heteroatoms. The Hall–Kier alpha value is -1.52. The van der Waals surface area contributed by atoms with E-state index in [2.05, 4.69) is 5.32 Å². The number of aliphatic carboxylic acids is 1. The Bertz CT molecular complexity index is 387. The Morgan fingerprint density at radius 3 is 2.16 bits per heavy atom. The molecule has 1 saturated carbocycles. The smallest absolute Gasteiger partial charge is 0.412 e. The van der Waals surface area contributed by atoms with Crippen LogP contribution in [0.5, 0.6) is 0 Å². The highest BCUT2D eigenvalue weighted by atomic mass is 16.6. The molecule has 0 spiro atoms. The van der Waals surface area contributed by atoms with Gasteiger partial charge in [-0.25, -0.2) is 9.59 Å². The number of hydrogen-bond donors (Lipinski definition) is 2. The van der Waals surface area contributed by atoms with Crippen LogP contribution < -0.4 is 5.32 Å². The van der Waals surface area contributed by atoms with E-state index >= 15 is 0 Å². The molecule has 0 aromatic rings. The highest BCUT2D eigenvalue weighted by Crippen LogP contribution is 2.32. The molecular formula is C14H23NO4. The van der Waals surface area contributed by atoms with Crippen LogP contribution in [0.3, 0.4) is 0 Å². The maximum atomic E-state index is 11.7. The standard InChI is InChI=1S/C14H23NO4/c1-9(10-7-5-6-8-10)11(12(16)17)15-13(18)19-14(2,3)4/h10H,5-8H2,1-4H3,(H,15,18)(H,16,17)/b11-9+. The first-order valence-electron chi connectivity index (χ1n) is 6.65. The minimum atomic E-state index is -1.12. The van der Waals surface area contributed by atoms with Crippen molar-refractivity contribution < 1.29 is 19.4 Å². The topological polar surface area (TPSA) is 75.6 Å². The number of carboxylic acids is 1. The Balaban J connectivity index is 2.80. The molecule has 0 saturated heterocycles. The molecule has 2 N–H and O–H groups in total. The van der Waals surface area contributed by atoms with Gasteiger partial charge in [-0.1, -0.05) is 12.8 Å². The van der Waals surface area contributed by atoms with E-state index in [1.807, 2.05) is 0 Å². The number of carbonyl (C=O) groups excluding carboxylic acids is 1. The van der Waals surface area contributed by atoms with Crippen molar-refractivity contribution in [3.05, 3.63) is 11.3 Å². The second-order valence-electron chi connectivity index (χ2n) is 5.97. The summed E-state index contributed by atoms with van der Waals surface area (Å²) in [5.74, 6) is -0.865. The van der Waals surface area contributed by atoms with Crippen LogP contribution in [0, 0.1) is 5.92 Å². The maximum Gasteiger partial charge on any atom is 0.412 e. The molecule has 19 heavy (non-hydrogen) atoms. The molecule has 1 aliphatic rings. The molecule has 0 aromatic heterocycles. The number of rotatable bonds is 3. The van der Waals surface area contributed by atoms with Gasteiger partial charge in [-0.05, 0) is 52.0 Å². The van der Waals surface area contributed by atoms with E-state index < -0.39 is 17.7 Å². The Labute approximate surface area is 114 Å². The van der Waals surface area contributed by atoms with Gasteiger partial charge in [-0.15, -0.1) is 0 Å². The Kier molecular flexibility index (Phi) is 4.97. The van der Waals surface area contributed by atoms with Crippen molar-refractivity contribution in [3.63, 3.8) is 0 Å². The Morgan fingerprint density at radius 2 is 1.74 bits per heavy atom. The van der Waals surface area contributed by atoms with Crippen molar-refractivity contribution in [2.75, 3.05) is 0 Å². The molecule has 0 unspecified atom stereocenters. The van der Waals surface area contributed by atoms with Crippen molar-refractivity contribution in [2.24, 2.45) is 5.92 Å². The van der Waals surface area contributed by atoms with Gasteiger partial charge in [0.1, 0.15) is 11.3 Å². The van der Waals surface area contributed by atoms with Crippen LogP contribution in [0.2, 0.25) is 0 Å². The van der Waals surface area contributed by atoms with Crippen LogP contribution >= 0.6 is 0 Å². The average molecular weight is 269 g/mol. The van der Waals surface area contributed by atoms with Crippen LogP contribution in [-0.4, -0.2) is 22.8 Å². The van der Waals surface area contributed by atoms with Gasteiger partial charge < -0.3 is 9.84 Å².